The van der Waals surface area contributed by atoms with Gasteiger partial charge in [-0.3, -0.25) is 0 Å². The number of hydrogen-bond donors (Lipinski definition) is 1. The average Bonchev–Trinajstić information content (AvgIpc) is 2.44. The van der Waals surface area contributed by atoms with Crippen LogP contribution in [0.3, 0.4) is 0 Å². The summed E-state index contributed by atoms with van der Waals surface area (Å²) in [6, 6.07) is 6.21. The van der Waals surface area contributed by atoms with E-state index in [1.807, 2.05) is 13.1 Å². The molecule has 1 aromatic carbocycles. The van der Waals surface area contributed by atoms with E-state index in [1.165, 1.54) is 16.5 Å². The maximum atomic E-state index is 8.94. The van der Waals surface area contributed by atoms with Crippen molar-refractivity contribution in [2.45, 2.75) is 6.42 Å². The fourth-order valence-corrected chi connectivity index (χ4v) is 2.13. The molecule has 3 heteroatoms. The van der Waals surface area contributed by atoms with Crippen LogP contribution in [0.2, 0.25) is 0 Å². The molecule has 2 nitrogen and oxygen atoms in total. The molecule has 0 radical (unpaired) electrons. The smallest absolute Gasteiger partial charge is 0.0481 e. The van der Waals surface area contributed by atoms with Gasteiger partial charge in [0.05, 0.1) is 0 Å². The van der Waals surface area contributed by atoms with Crippen molar-refractivity contribution in [3.63, 3.8) is 0 Å². The van der Waals surface area contributed by atoms with Gasteiger partial charge in [-0.1, -0.05) is 15.9 Å². The number of aliphatic hydroxyl groups excluding tert-OH is 1. The van der Waals surface area contributed by atoms with Crippen LogP contribution in [0.15, 0.2) is 28.9 Å². The van der Waals surface area contributed by atoms with Gasteiger partial charge in [-0.15, -0.1) is 0 Å². The second kappa shape index (κ2) is 3.75. The van der Waals surface area contributed by atoms with Crippen molar-refractivity contribution >= 4 is 26.8 Å². The second-order valence-corrected chi connectivity index (χ2v) is 4.32. The Morgan fingerprint density at radius 3 is 2.93 bits per heavy atom. The lowest BCUT2D eigenvalue weighted by Gasteiger charge is -1.97. The summed E-state index contributed by atoms with van der Waals surface area (Å²) in [6.07, 6.45) is 2.79. The SMILES string of the molecule is Cn1cc(CCO)c2cc(Br)ccc21. The lowest BCUT2D eigenvalue weighted by atomic mass is 10.1. The first-order valence-corrected chi connectivity index (χ1v) is 5.36. The molecule has 0 atom stereocenters. The summed E-state index contributed by atoms with van der Waals surface area (Å²) in [5.41, 5.74) is 2.41. The first-order chi connectivity index (χ1) is 6.72. The molecule has 2 aromatic rings. The summed E-state index contributed by atoms with van der Waals surface area (Å²) in [5, 5.41) is 10.2. The highest BCUT2D eigenvalue weighted by molar-refractivity contribution is 9.10. The summed E-state index contributed by atoms with van der Waals surface area (Å²) in [7, 11) is 2.02. The Balaban J connectivity index is 2.66. The van der Waals surface area contributed by atoms with Crippen molar-refractivity contribution in [3.05, 3.63) is 34.4 Å². The summed E-state index contributed by atoms with van der Waals surface area (Å²) >= 11 is 3.46. The lowest BCUT2D eigenvalue weighted by molar-refractivity contribution is 0.300. The fraction of sp³-hybridized carbons (Fsp3) is 0.273. The summed E-state index contributed by atoms with van der Waals surface area (Å²) in [4.78, 5) is 0. The number of nitrogens with zero attached hydrogens (tertiary/aromatic N) is 1. The highest BCUT2D eigenvalue weighted by Gasteiger charge is 2.05. The van der Waals surface area contributed by atoms with Crippen LogP contribution in [-0.4, -0.2) is 16.3 Å². The molecule has 0 bridgehead atoms. The number of aryl methyl sites for hydroxylation is 1. The molecule has 14 heavy (non-hydrogen) atoms. The van der Waals surface area contributed by atoms with Gasteiger partial charge < -0.3 is 9.67 Å². The van der Waals surface area contributed by atoms with Crippen molar-refractivity contribution in [2.75, 3.05) is 6.61 Å². The van der Waals surface area contributed by atoms with Gasteiger partial charge in [-0.05, 0) is 30.2 Å². The van der Waals surface area contributed by atoms with Gasteiger partial charge in [-0.2, -0.15) is 0 Å². The number of halogens is 1. The Hall–Kier alpha value is -0.800. The van der Waals surface area contributed by atoms with E-state index >= 15 is 0 Å². The molecule has 0 amide bonds. The topological polar surface area (TPSA) is 25.2 Å². The van der Waals surface area contributed by atoms with Crippen LogP contribution in [-0.2, 0) is 13.5 Å². The number of benzene rings is 1. The Morgan fingerprint density at radius 2 is 2.21 bits per heavy atom. The minimum absolute atomic E-state index is 0.200. The number of aliphatic hydroxyl groups is 1. The number of hydrogen-bond acceptors (Lipinski definition) is 1. The van der Waals surface area contributed by atoms with Crippen LogP contribution in [0.1, 0.15) is 5.56 Å². The van der Waals surface area contributed by atoms with Crippen LogP contribution in [0.5, 0.6) is 0 Å². The third kappa shape index (κ3) is 1.57. The molecule has 0 aliphatic rings. The normalized spacial score (nSPS) is 11.1. The van der Waals surface area contributed by atoms with E-state index in [2.05, 4.69) is 38.8 Å². The Bertz CT molecular complexity index is 462. The highest BCUT2D eigenvalue weighted by Crippen LogP contribution is 2.24. The average molecular weight is 254 g/mol. The molecule has 0 unspecified atom stereocenters. The van der Waals surface area contributed by atoms with Crippen molar-refractivity contribution in [1.29, 1.82) is 0 Å². The maximum absolute atomic E-state index is 8.94. The predicted molar refractivity (Wildman–Crippen MR) is 61.4 cm³/mol. The third-order valence-electron chi connectivity index (χ3n) is 2.42. The summed E-state index contributed by atoms with van der Waals surface area (Å²) < 4.78 is 3.17. The Kier molecular flexibility index (Phi) is 2.61. The van der Waals surface area contributed by atoms with Gasteiger partial charge in [0.2, 0.25) is 0 Å². The van der Waals surface area contributed by atoms with E-state index in [9.17, 15) is 0 Å². The molecule has 0 saturated heterocycles. The minimum atomic E-state index is 0.200. The zero-order chi connectivity index (χ0) is 10.1. The van der Waals surface area contributed by atoms with E-state index in [-0.39, 0.29) is 6.61 Å². The van der Waals surface area contributed by atoms with E-state index in [1.54, 1.807) is 0 Å². The summed E-state index contributed by atoms with van der Waals surface area (Å²) in [5.74, 6) is 0. The molecule has 0 saturated carbocycles. The standard InChI is InChI=1S/C11H12BrNO/c1-13-7-8(4-5-14)10-6-9(12)2-3-11(10)13/h2-3,6-7,14H,4-5H2,1H3. The molecule has 1 N–H and O–H groups in total. The third-order valence-corrected chi connectivity index (χ3v) is 2.91. The first kappa shape index (κ1) is 9.74. The lowest BCUT2D eigenvalue weighted by Crippen LogP contribution is -1.88. The molecular weight excluding hydrogens is 242 g/mol. The zero-order valence-corrected chi connectivity index (χ0v) is 9.58. The van der Waals surface area contributed by atoms with Crippen LogP contribution in [0.25, 0.3) is 10.9 Å². The molecule has 1 heterocycles. The largest absolute Gasteiger partial charge is 0.396 e. The monoisotopic (exact) mass is 253 g/mol. The Labute approximate surface area is 91.3 Å². The molecule has 1 aromatic heterocycles. The molecule has 0 fully saturated rings. The van der Waals surface area contributed by atoms with Crippen molar-refractivity contribution in [2.24, 2.45) is 7.05 Å². The van der Waals surface area contributed by atoms with Crippen LogP contribution in [0, 0.1) is 0 Å². The Morgan fingerprint density at radius 1 is 1.43 bits per heavy atom. The number of rotatable bonds is 2. The van der Waals surface area contributed by atoms with E-state index in [0.29, 0.717) is 6.42 Å². The minimum Gasteiger partial charge on any atom is -0.396 e. The number of aromatic nitrogens is 1. The van der Waals surface area contributed by atoms with Gasteiger partial charge in [0, 0.05) is 35.2 Å². The summed E-state index contributed by atoms with van der Waals surface area (Å²) in [6.45, 7) is 0.200. The van der Waals surface area contributed by atoms with Crippen LogP contribution >= 0.6 is 15.9 Å². The fourth-order valence-electron chi connectivity index (χ4n) is 1.77. The molecule has 74 valence electrons. The van der Waals surface area contributed by atoms with Gasteiger partial charge in [0.15, 0.2) is 0 Å². The quantitative estimate of drug-likeness (QED) is 0.875. The van der Waals surface area contributed by atoms with E-state index < -0.39 is 0 Å². The van der Waals surface area contributed by atoms with Crippen molar-refractivity contribution < 1.29 is 5.11 Å². The second-order valence-electron chi connectivity index (χ2n) is 3.40. The number of fused-ring (bicyclic) bond motifs is 1. The van der Waals surface area contributed by atoms with Gasteiger partial charge in [-0.25, -0.2) is 0 Å². The maximum Gasteiger partial charge on any atom is 0.0481 e. The van der Waals surface area contributed by atoms with E-state index in [0.717, 1.165) is 4.47 Å². The van der Waals surface area contributed by atoms with Crippen molar-refractivity contribution in [1.82, 2.24) is 4.57 Å². The van der Waals surface area contributed by atoms with Gasteiger partial charge in [0.1, 0.15) is 0 Å². The molecule has 0 spiro atoms. The molecule has 0 aliphatic carbocycles. The van der Waals surface area contributed by atoms with Gasteiger partial charge >= 0.3 is 0 Å². The molecule has 2 rings (SSSR count). The van der Waals surface area contributed by atoms with E-state index in [4.69, 9.17) is 5.11 Å². The van der Waals surface area contributed by atoms with Gasteiger partial charge in [0.25, 0.3) is 0 Å². The zero-order valence-electron chi connectivity index (χ0n) is 8.00. The highest BCUT2D eigenvalue weighted by atomic mass is 79.9. The van der Waals surface area contributed by atoms with Crippen molar-refractivity contribution in [3.8, 4) is 0 Å². The van der Waals surface area contributed by atoms with Crippen LogP contribution < -0.4 is 0 Å². The van der Waals surface area contributed by atoms with Crippen LogP contribution in [0.4, 0.5) is 0 Å². The first-order valence-electron chi connectivity index (χ1n) is 4.56. The predicted octanol–water partition coefficient (Wildman–Crippen LogP) is 2.48. The molecular formula is C11H12BrNO. The molecule has 0 aliphatic heterocycles.